The molecular formula is C16H15F17O2. The zero-order chi connectivity index (χ0) is 28.5. The molecular weight excluding hydrogens is 547 g/mol. The van der Waals surface area contributed by atoms with Gasteiger partial charge in [0.2, 0.25) is 0 Å². The minimum Gasteiger partial charge on any atom is -0.345 e. The Bertz CT molecular complexity index is 771. The molecule has 0 saturated carbocycles. The number of hydrogen-bond donors (Lipinski definition) is 0. The second kappa shape index (κ2) is 8.37. The van der Waals surface area contributed by atoms with Crippen molar-refractivity contribution in [3.8, 4) is 0 Å². The van der Waals surface area contributed by atoms with Crippen LogP contribution in [0.4, 0.5) is 74.6 Å². The zero-order valence-corrected chi connectivity index (χ0v) is 17.3. The molecule has 2 nitrogen and oxygen atoms in total. The average Bonchev–Trinajstić information content (AvgIpc) is 2.89. The van der Waals surface area contributed by atoms with E-state index < -0.39 is 78.5 Å². The molecule has 0 aromatic rings. The van der Waals surface area contributed by atoms with E-state index >= 15 is 0 Å². The van der Waals surface area contributed by atoms with Gasteiger partial charge in [0.15, 0.2) is 5.79 Å². The van der Waals surface area contributed by atoms with E-state index in [-0.39, 0.29) is 0 Å². The van der Waals surface area contributed by atoms with Gasteiger partial charge in [-0.2, -0.15) is 74.6 Å². The van der Waals surface area contributed by atoms with Gasteiger partial charge in [0, 0.05) is 6.42 Å². The van der Waals surface area contributed by atoms with E-state index in [1.54, 1.807) is 0 Å². The topological polar surface area (TPSA) is 18.5 Å². The molecule has 0 radical (unpaired) electrons. The molecule has 0 bridgehead atoms. The van der Waals surface area contributed by atoms with Gasteiger partial charge < -0.3 is 9.47 Å². The second-order valence-corrected chi connectivity index (χ2v) is 8.07. The fourth-order valence-corrected chi connectivity index (χ4v) is 2.98. The first kappa shape index (κ1) is 31.8. The van der Waals surface area contributed by atoms with Crippen LogP contribution in [0, 0.1) is 0 Å². The molecule has 0 amide bonds. The number of ether oxygens (including phenoxy) is 2. The molecule has 0 N–H and O–H groups in total. The molecule has 0 spiro atoms. The molecule has 1 aliphatic heterocycles. The van der Waals surface area contributed by atoms with Gasteiger partial charge in [-0.3, -0.25) is 0 Å². The van der Waals surface area contributed by atoms with E-state index in [0.29, 0.717) is 0 Å². The first-order chi connectivity index (χ1) is 14.9. The molecule has 1 heterocycles. The lowest BCUT2D eigenvalue weighted by molar-refractivity contribution is -0.461. The van der Waals surface area contributed by atoms with Crippen LogP contribution in [0.3, 0.4) is 0 Å². The van der Waals surface area contributed by atoms with Crippen molar-refractivity contribution in [1.29, 1.82) is 0 Å². The van der Waals surface area contributed by atoms with E-state index in [1.165, 1.54) is 13.8 Å². The summed E-state index contributed by atoms with van der Waals surface area (Å²) in [4.78, 5) is 0. The van der Waals surface area contributed by atoms with Crippen LogP contribution in [0.2, 0.25) is 0 Å². The Morgan fingerprint density at radius 1 is 0.543 bits per heavy atom. The van der Waals surface area contributed by atoms with Gasteiger partial charge in [-0.15, -0.1) is 0 Å². The van der Waals surface area contributed by atoms with Gasteiger partial charge in [0.25, 0.3) is 0 Å². The van der Waals surface area contributed by atoms with Crippen molar-refractivity contribution in [3.63, 3.8) is 0 Å². The molecule has 2 unspecified atom stereocenters. The standard InChI is InChI=1S/C16H15F17O2/c1-6-7(35-8(2,3)34-6)4-5-9(17,18)10(19,20)11(21,22)12(23,24)13(25,26)14(27,28)15(29,30)16(31,32)33/h6-7H,4-5H2,1-3H3. The molecule has 1 fully saturated rings. The number of alkyl halides is 17. The summed E-state index contributed by atoms with van der Waals surface area (Å²) >= 11 is 0. The quantitative estimate of drug-likeness (QED) is 0.275. The summed E-state index contributed by atoms with van der Waals surface area (Å²) in [5.74, 6) is -57.7. The SMILES string of the molecule is CC1OC(C)(C)OC1CCC(F)(F)C(F)(F)C(F)(F)C(F)(F)C(F)(F)C(F)(F)C(F)(F)C(F)(F)F. The smallest absolute Gasteiger partial charge is 0.345 e. The van der Waals surface area contributed by atoms with Crippen molar-refractivity contribution in [2.45, 2.75) is 99.2 Å². The van der Waals surface area contributed by atoms with Crippen molar-refractivity contribution < 1.29 is 84.1 Å². The fourth-order valence-electron chi connectivity index (χ4n) is 2.98. The van der Waals surface area contributed by atoms with E-state index in [9.17, 15) is 74.6 Å². The Morgan fingerprint density at radius 2 is 0.886 bits per heavy atom. The van der Waals surface area contributed by atoms with Crippen molar-refractivity contribution >= 4 is 0 Å². The maximum atomic E-state index is 13.9. The first-order valence-electron chi connectivity index (χ1n) is 9.01. The molecule has 1 saturated heterocycles. The maximum absolute atomic E-state index is 13.9. The highest BCUT2D eigenvalue weighted by Crippen LogP contribution is 2.64. The number of rotatable bonds is 9. The van der Waals surface area contributed by atoms with Crippen LogP contribution in [-0.2, 0) is 9.47 Å². The average molecular weight is 562 g/mol. The summed E-state index contributed by atoms with van der Waals surface area (Å²) in [6.45, 7) is 3.48. The van der Waals surface area contributed by atoms with Crippen LogP contribution >= 0.6 is 0 Å². The highest BCUT2D eigenvalue weighted by atomic mass is 19.4. The van der Waals surface area contributed by atoms with Crippen LogP contribution in [0.1, 0.15) is 33.6 Å². The second-order valence-electron chi connectivity index (χ2n) is 8.07. The van der Waals surface area contributed by atoms with Crippen molar-refractivity contribution in [1.82, 2.24) is 0 Å². The predicted octanol–water partition coefficient (Wildman–Crippen LogP) is 7.32. The summed E-state index contributed by atoms with van der Waals surface area (Å²) in [5, 5.41) is 0. The van der Waals surface area contributed by atoms with Gasteiger partial charge in [-0.05, 0) is 27.2 Å². The third-order valence-electron chi connectivity index (χ3n) is 4.96. The fraction of sp³-hybridized carbons (Fsp3) is 1.00. The van der Waals surface area contributed by atoms with Crippen LogP contribution in [0.5, 0.6) is 0 Å². The summed E-state index contributed by atoms with van der Waals surface area (Å²) in [6.07, 6.45) is -14.4. The van der Waals surface area contributed by atoms with Gasteiger partial charge in [-0.1, -0.05) is 0 Å². The Hall–Kier alpha value is -1.27. The van der Waals surface area contributed by atoms with Crippen LogP contribution in [-0.4, -0.2) is 65.6 Å². The Balaban J connectivity index is 3.39. The highest BCUT2D eigenvalue weighted by molar-refractivity contribution is 5.15. The third kappa shape index (κ3) is 4.63. The normalized spacial score (nSPS) is 23.7. The third-order valence-corrected chi connectivity index (χ3v) is 4.96. The van der Waals surface area contributed by atoms with E-state index in [0.717, 1.165) is 6.92 Å². The number of halogens is 17. The van der Waals surface area contributed by atoms with E-state index in [4.69, 9.17) is 9.47 Å². The van der Waals surface area contributed by atoms with Gasteiger partial charge in [-0.25, -0.2) is 0 Å². The molecule has 1 rings (SSSR count). The molecule has 0 aromatic heterocycles. The minimum absolute atomic E-state index is 1.11. The minimum atomic E-state index is -8.62. The van der Waals surface area contributed by atoms with Crippen LogP contribution in [0.15, 0.2) is 0 Å². The van der Waals surface area contributed by atoms with Crippen molar-refractivity contribution in [2.24, 2.45) is 0 Å². The molecule has 19 heteroatoms. The summed E-state index contributed by atoms with van der Waals surface area (Å²) in [6, 6.07) is 0. The van der Waals surface area contributed by atoms with Gasteiger partial charge >= 0.3 is 47.6 Å². The zero-order valence-electron chi connectivity index (χ0n) is 17.3. The lowest BCUT2D eigenvalue weighted by Crippen LogP contribution is -2.74. The predicted molar refractivity (Wildman–Crippen MR) is 79.4 cm³/mol. The Kier molecular flexibility index (Phi) is 7.60. The molecule has 35 heavy (non-hydrogen) atoms. The molecule has 0 aliphatic carbocycles. The molecule has 0 aromatic carbocycles. The van der Waals surface area contributed by atoms with Gasteiger partial charge in [0.05, 0.1) is 12.2 Å². The number of hydrogen-bond acceptors (Lipinski definition) is 2. The first-order valence-corrected chi connectivity index (χ1v) is 9.01. The summed E-state index contributed by atoms with van der Waals surface area (Å²) < 4.78 is 235. The lowest BCUT2D eigenvalue weighted by Gasteiger charge is -2.43. The molecule has 1 aliphatic rings. The van der Waals surface area contributed by atoms with Gasteiger partial charge in [0.1, 0.15) is 0 Å². The molecule has 2 atom stereocenters. The molecule has 210 valence electrons. The van der Waals surface area contributed by atoms with Crippen molar-refractivity contribution in [2.75, 3.05) is 0 Å². The van der Waals surface area contributed by atoms with E-state index in [1.807, 2.05) is 0 Å². The Morgan fingerprint density at radius 3 is 1.20 bits per heavy atom. The maximum Gasteiger partial charge on any atom is 0.460 e. The van der Waals surface area contributed by atoms with Crippen LogP contribution in [0.25, 0.3) is 0 Å². The van der Waals surface area contributed by atoms with Crippen LogP contribution < -0.4 is 0 Å². The lowest BCUT2D eigenvalue weighted by atomic mass is 9.87. The monoisotopic (exact) mass is 562 g/mol. The Labute approximate surface area is 184 Å². The largest absolute Gasteiger partial charge is 0.460 e. The van der Waals surface area contributed by atoms with E-state index in [2.05, 4.69) is 0 Å². The van der Waals surface area contributed by atoms with Crippen molar-refractivity contribution in [3.05, 3.63) is 0 Å². The summed E-state index contributed by atoms with van der Waals surface area (Å²) in [5.41, 5.74) is 0. The highest BCUT2D eigenvalue weighted by Gasteiger charge is 2.95. The summed E-state index contributed by atoms with van der Waals surface area (Å²) in [7, 11) is 0.